The molecule has 0 aromatic heterocycles. The molecule has 30 heavy (non-hydrogen) atoms. The Labute approximate surface area is 184 Å². The van der Waals surface area contributed by atoms with E-state index < -0.39 is 7.82 Å². The van der Waals surface area contributed by atoms with Gasteiger partial charge in [-0.3, -0.25) is 9.05 Å². The standard InChI is InChI=1S/C22H45N2O5P/c1-3-5-6-7-8-9-10-11-12-13-14-15-16-17-21-28-30(26,27)29-22-20-24(4-2)19-18-23-25/h18-19H,3-17,20-22H2,1-2H3,(H,26,27)/b19-18-. The molecule has 0 aliphatic heterocycles. The van der Waals surface area contributed by atoms with Crippen LogP contribution in [0.15, 0.2) is 17.6 Å². The van der Waals surface area contributed by atoms with E-state index in [-0.39, 0.29) is 13.2 Å². The van der Waals surface area contributed by atoms with Gasteiger partial charge in [-0.05, 0) is 18.5 Å². The Bertz CT molecular complexity index is 463. The second-order valence-corrected chi connectivity index (χ2v) is 9.22. The molecule has 178 valence electrons. The minimum absolute atomic E-state index is 0.0452. The average Bonchev–Trinajstić information content (AvgIpc) is 2.73. The maximum absolute atomic E-state index is 11.8. The second kappa shape index (κ2) is 21.5. The van der Waals surface area contributed by atoms with Crippen LogP contribution in [0.1, 0.15) is 104 Å². The highest BCUT2D eigenvalue weighted by atomic mass is 31.2. The van der Waals surface area contributed by atoms with E-state index in [0.29, 0.717) is 13.1 Å². The van der Waals surface area contributed by atoms with Crippen LogP contribution in [-0.2, 0) is 13.6 Å². The maximum atomic E-state index is 11.8. The Kier molecular flexibility index (Phi) is 20.9. The molecule has 0 saturated heterocycles. The molecule has 0 aliphatic carbocycles. The van der Waals surface area contributed by atoms with Crippen molar-refractivity contribution in [2.75, 3.05) is 26.3 Å². The molecule has 0 fully saturated rings. The lowest BCUT2D eigenvalue weighted by atomic mass is 10.0. The van der Waals surface area contributed by atoms with E-state index in [1.54, 1.807) is 4.90 Å². The summed E-state index contributed by atoms with van der Waals surface area (Å²) in [6, 6.07) is 0. The van der Waals surface area contributed by atoms with Gasteiger partial charge in [-0.1, -0.05) is 90.4 Å². The highest BCUT2D eigenvalue weighted by Crippen LogP contribution is 2.43. The van der Waals surface area contributed by atoms with Crippen molar-refractivity contribution < 1.29 is 18.5 Å². The number of nitrogens with zero attached hydrogens (tertiary/aromatic N) is 2. The summed E-state index contributed by atoms with van der Waals surface area (Å²) in [5.41, 5.74) is 0. The van der Waals surface area contributed by atoms with E-state index in [2.05, 4.69) is 12.1 Å². The maximum Gasteiger partial charge on any atom is 0.472 e. The molecule has 0 radical (unpaired) electrons. The van der Waals surface area contributed by atoms with Crippen molar-refractivity contribution in [1.29, 1.82) is 0 Å². The molecule has 1 atom stereocenters. The minimum atomic E-state index is -4.01. The van der Waals surface area contributed by atoms with Crippen molar-refractivity contribution in [3.63, 3.8) is 0 Å². The second-order valence-electron chi connectivity index (χ2n) is 7.76. The molecule has 0 aromatic rings. The predicted octanol–water partition coefficient (Wildman–Crippen LogP) is 7.16. The van der Waals surface area contributed by atoms with Gasteiger partial charge in [-0.25, -0.2) is 4.57 Å². The molecular formula is C22H45N2O5P. The van der Waals surface area contributed by atoms with E-state index in [0.717, 1.165) is 25.5 Å². The molecule has 0 saturated carbocycles. The molecule has 0 spiro atoms. The third-order valence-electron chi connectivity index (χ3n) is 5.13. The third-order valence-corrected chi connectivity index (χ3v) is 6.15. The fourth-order valence-corrected chi connectivity index (χ4v) is 3.99. The normalized spacial score (nSPS) is 13.6. The van der Waals surface area contributed by atoms with Crippen LogP contribution in [-0.4, -0.2) is 36.1 Å². The first-order valence-corrected chi connectivity index (χ1v) is 13.4. The number of rotatable bonds is 23. The molecule has 7 nitrogen and oxygen atoms in total. The quantitative estimate of drug-likeness (QED) is 0.101. The van der Waals surface area contributed by atoms with Crippen molar-refractivity contribution in [3.8, 4) is 0 Å². The molecule has 0 aromatic carbocycles. The van der Waals surface area contributed by atoms with Gasteiger partial charge < -0.3 is 9.79 Å². The zero-order valence-corrected chi connectivity index (χ0v) is 20.2. The van der Waals surface area contributed by atoms with Gasteiger partial charge in [-0.15, -0.1) is 4.91 Å². The Balaban J connectivity index is 3.46. The predicted molar refractivity (Wildman–Crippen MR) is 124 cm³/mol. The molecule has 0 amide bonds. The number of nitroso groups, excluding NO2 is 1. The fourth-order valence-electron chi connectivity index (χ4n) is 3.25. The Morgan fingerprint density at radius 1 is 0.800 bits per heavy atom. The minimum Gasteiger partial charge on any atom is -0.374 e. The summed E-state index contributed by atoms with van der Waals surface area (Å²) in [6.07, 6.45) is 20.4. The summed E-state index contributed by atoms with van der Waals surface area (Å²) >= 11 is 0. The van der Waals surface area contributed by atoms with Crippen molar-refractivity contribution in [2.24, 2.45) is 5.18 Å². The number of phosphoric acid groups is 1. The highest BCUT2D eigenvalue weighted by Gasteiger charge is 2.20. The Morgan fingerprint density at radius 2 is 1.27 bits per heavy atom. The van der Waals surface area contributed by atoms with Gasteiger partial charge in [0.1, 0.15) is 0 Å². The Morgan fingerprint density at radius 3 is 1.73 bits per heavy atom. The number of unbranched alkanes of at least 4 members (excludes halogenated alkanes) is 13. The topological polar surface area (TPSA) is 88.4 Å². The lowest BCUT2D eigenvalue weighted by molar-refractivity contribution is 0.138. The van der Waals surface area contributed by atoms with Crippen molar-refractivity contribution in [3.05, 3.63) is 17.3 Å². The van der Waals surface area contributed by atoms with Crippen molar-refractivity contribution in [1.82, 2.24) is 4.90 Å². The molecule has 8 heteroatoms. The highest BCUT2D eigenvalue weighted by molar-refractivity contribution is 7.47. The van der Waals surface area contributed by atoms with Crippen LogP contribution in [0, 0.1) is 4.91 Å². The summed E-state index contributed by atoms with van der Waals surface area (Å²) in [4.78, 5) is 21.5. The smallest absolute Gasteiger partial charge is 0.374 e. The first-order valence-electron chi connectivity index (χ1n) is 11.9. The van der Waals surface area contributed by atoms with Gasteiger partial charge in [0.25, 0.3) is 0 Å². The number of hydrogen-bond donors (Lipinski definition) is 1. The van der Waals surface area contributed by atoms with Crippen LogP contribution in [0.3, 0.4) is 0 Å². The van der Waals surface area contributed by atoms with E-state index in [1.165, 1.54) is 76.8 Å². The summed E-state index contributed by atoms with van der Waals surface area (Å²) in [6.45, 7) is 5.47. The lowest BCUT2D eigenvalue weighted by Gasteiger charge is -2.18. The number of hydrogen-bond acceptors (Lipinski definition) is 6. The number of phosphoric ester groups is 1. The van der Waals surface area contributed by atoms with Gasteiger partial charge in [0, 0.05) is 19.3 Å². The fraction of sp³-hybridized carbons (Fsp3) is 0.909. The van der Waals surface area contributed by atoms with Crippen LogP contribution < -0.4 is 0 Å². The van der Waals surface area contributed by atoms with Gasteiger partial charge in [-0.2, -0.15) is 0 Å². The number of likely N-dealkylation sites (N-methyl/N-ethyl adjacent to an activating group) is 1. The van der Waals surface area contributed by atoms with Crippen molar-refractivity contribution in [2.45, 2.75) is 104 Å². The summed E-state index contributed by atoms with van der Waals surface area (Å²) < 4.78 is 21.8. The molecule has 0 heterocycles. The summed E-state index contributed by atoms with van der Waals surface area (Å²) in [7, 11) is -4.01. The van der Waals surface area contributed by atoms with Crippen molar-refractivity contribution >= 4 is 7.82 Å². The van der Waals surface area contributed by atoms with Gasteiger partial charge in [0.2, 0.25) is 0 Å². The zero-order chi connectivity index (χ0) is 22.3. The van der Waals surface area contributed by atoms with E-state index in [1.807, 2.05) is 6.92 Å². The third kappa shape index (κ3) is 20.5. The zero-order valence-electron chi connectivity index (χ0n) is 19.3. The van der Waals surface area contributed by atoms with Crippen LogP contribution >= 0.6 is 7.82 Å². The first kappa shape index (κ1) is 29.2. The first-order chi connectivity index (χ1) is 14.6. The monoisotopic (exact) mass is 448 g/mol. The molecule has 1 unspecified atom stereocenters. The average molecular weight is 449 g/mol. The van der Waals surface area contributed by atoms with Crippen LogP contribution in [0.4, 0.5) is 0 Å². The molecule has 0 rings (SSSR count). The van der Waals surface area contributed by atoms with E-state index in [4.69, 9.17) is 9.05 Å². The summed E-state index contributed by atoms with van der Waals surface area (Å²) in [5, 5.41) is 2.64. The van der Waals surface area contributed by atoms with Crippen LogP contribution in [0.25, 0.3) is 0 Å². The lowest BCUT2D eigenvalue weighted by Crippen LogP contribution is -2.21. The molecule has 0 aliphatic rings. The largest absolute Gasteiger partial charge is 0.472 e. The SMILES string of the molecule is CCCCCCCCCCCCCCCCOP(=O)(O)OCCN(/C=C\N=O)CC. The Hall–Kier alpha value is -0.750. The van der Waals surface area contributed by atoms with E-state index >= 15 is 0 Å². The van der Waals surface area contributed by atoms with E-state index in [9.17, 15) is 14.4 Å². The molecule has 1 N–H and O–H groups in total. The van der Waals surface area contributed by atoms with Gasteiger partial charge in [0.05, 0.1) is 19.4 Å². The van der Waals surface area contributed by atoms with Gasteiger partial charge >= 0.3 is 7.82 Å². The van der Waals surface area contributed by atoms with Gasteiger partial charge in [0.15, 0.2) is 0 Å². The molecular weight excluding hydrogens is 403 g/mol. The molecule has 0 bridgehead atoms. The van der Waals surface area contributed by atoms with Crippen LogP contribution in [0.5, 0.6) is 0 Å². The van der Waals surface area contributed by atoms with Crippen LogP contribution in [0.2, 0.25) is 0 Å². The summed E-state index contributed by atoms with van der Waals surface area (Å²) in [5.74, 6) is 0.